The lowest BCUT2D eigenvalue weighted by molar-refractivity contribution is -0.132. The average molecular weight is 434 g/mol. The van der Waals surface area contributed by atoms with Crippen LogP contribution in [0.4, 0.5) is 0 Å². The molecule has 2 aromatic heterocycles. The summed E-state index contributed by atoms with van der Waals surface area (Å²) in [5.74, 6) is 1.85. The van der Waals surface area contributed by atoms with E-state index in [1.807, 2.05) is 29.2 Å². The summed E-state index contributed by atoms with van der Waals surface area (Å²) in [6.07, 6.45) is 6.68. The van der Waals surface area contributed by atoms with Crippen LogP contribution in [0.25, 0.3) is 22.2 Å². The van der Waals surface area contributed by atoms with Crippen molar-refractivity contribution in [3.05, 3.63) is 77.4 Å². The number of rotatable bonds is 5. The smallest absolute Gasteiger partial charge is 0.223 e. The molecule has 3 heterocycles. The fraction of sp³-hybridized carbons (Fsp3) is 0.280. The number of amides is 1. The van der Waals surface area contributed by atoms with Crippen molar-refractivity contribution in [2.24, 2.45) is 0 Å². The Morgan fingerprint density at radius 1 is 1.13 bits per heavy atom. The molecular weight excluding hydrogens is 410 g/mol. The van der Waals surface area contributed by atoms with Crippen LogP contribution >= 0.6 is 11.6 Å². The highest BCUT2D eigenvalue weighted by Gasteiger charge is 2.25. The number of benzene rings is 2. The molecule has 0 atom stereocenters. The second-order valence-corrected chi connectivity index (χ2v) is 8.45. The van der Waals surface area contributed by atoms with Gasteiger partial charge < -0.3 is 14.3 Å². The van der Waals surface area contributed by atoms with E-state index in [9.17, 15) is 4.79 Å². The third kappa shape index (κ3) is 4.10. The molecule has 4 aromatic rings. The van der Waals surface area contributed by atoms with Crippen LogP contribution in [0.2, 0.25) is 5.02 Å². The van der Waals surface area contributed by atoms with E-state index in [0.29, 0.717) is 35.4 Å². The monoisotopic (exact) mass is 433 g/mol. The lowest BCUT2D eigenvalue weighted by Crippen LogP contribution is -2.38. The normalized spacial score (nSPS) is 14.9. The Morgan fingerprint density at radius 2 is 1.90 bits per heavy atom. The summed E-state index contributed by atoms with van der Waals surface area (Å²) in [7, 11) is 0. The maximum Gasteiger partial charge on any atom is 0.223 e. The molecule has 5 rings (SSSR count). The Bertz CT molecular complexity index is 1200. The molecule has 5 nitrogen and oxygen atoms in total. The van der Waals surface area contributed by atoms with Crippen LogP contribution in [0.5, 0.6) is 0 Å². The van der Waals surface area contributed by atoms with E-state index in [0.717, 1.165) is 31.5 Å². The van der Waals surface area contributed by atoms with Crippen LogP contribution in [-0.4, -0.2) is 33.9 Å². The van der Waals surface area contributed by atoms with Gasteiger partial charge in [0.1, 0.15) is 0 Å². The number of likely N-dealkylation sites (tertiary alicyclic amines) is 1. The topological polar surface area (TPSA) is 62.1 Å². The molecule has 1 fully saturated rings. The summed E-state index contributed by atoms with van der Waals surface area (Å²) in [4.78, 5) is 22.4. The molecule has 1 N–H and O–H groups in total. The number of piperidine rings is 1. The minimum atomic E-state index is 0.162. The van der Waals surface area contributed by atoms with Crippen molar-refractivity contribution in [1.29, 1.82) is 0 Å². The van der Waals surface area contributed by atoms with E-state index >= 15 is 0 Å². The van der Waals surface area contributed by atoms with Crippen molar-refractivity contribution < 1.29 is 9.21 Å². The molecule has 1 aliphatic heterocycles. The second-order valence-electron chi connectivity index (χ2n) is 8.04. The van der Waals surface area contributed by atoms with Gasteiger partial charge in [-0.25, -0.2) is 4.98 Å². The Kier molecular flexibility index (Phi) is 5.51. The minimum Gasteiger partial charge on any atom is -0.441 e. The zero-order chi connectivity index (χ0) is 21.2. The average Bonchev–Trinajstić information content (AvgIpc) is 3.45. The van der Waals surface area contributed by atoms with Gasteiger partial charge in [-0.1, -0.05) is 41.9 Å². The first-order chi connectivity index (χ1) is 15.2. The lowest BCUT2D eigenvalue weighted by atomic mass is 9.89. The number of para-hydroxylation sites is 1. The van der Waals surface area contributed by atoms with Crippen molar-refractivity contribution in [3.63, 3.8) is 0 Å². The van der Waals surface area contributed by atoms with Crippen molar-refractivity contribution in [3.8, 4) is 11.3 Å². The van der Waals surface area contributed by atoms with Crippen LogP contribution < -0.4 is 0 Å². The Balaban J connectivity index is 1.16. The summed E-state index contributed by atoms with van der Waals surface area (Å²) in [5, 5.41) is 1.92. The molecule has 158 valence electrons. The van der Waals surface area contributed by atoms with Crippen LogP contribution in [0, 0.1) is 0 Å². The van der Waals surface area contributed by atoms with E-state index in [1.165, 1.54) is 16.5 Å². The van der Waals surface area contributed by atoms with E-state index in [2.05, 4.69) is 40.4 Å². The first kappa shape index (κ1) is 19.9. The lowest BCUT2D eigenvalue weighted by Gasteiger charge is -2.32. The highest BCUT2D eigenvalue weighted by molar-refractivity contribution is 6.33. The number of fused-ring (bicyclic) bond motifs is 1. The van der Waals surface area contributed by atoms with Crippen molar-refractivity contribution in [1.82, 2.24) is 14.9 Å². The molecule has 2 aromatic carbocycles. The summed E-state index contributed by atoms with van der Waals surface area (Å²) in [6, 6.07) is 15.9. The number of nitrogens with one attached hydrogen (secondary N) is 1. The number of aromatic amines is 1. The van der Waals surface area contributed by atoms with Gasteiger partial charge in [0, 0.05) is 48.6 Å². The quantitative estimate of drug-likeness (QED) is 0.431. The minimum absolute atomic E-state index is 0.162. The highest BCUT2D eigenvalue weighted by atomic mass is 35.5. The molecule has 6 heteroatoms. The molecule has 1 aliphatic rings. The number of aromatic nitrogens is 2. The number of oxazole rings is 1. The largest absolute Gasteiger partial charge is 0.441 e. The van der Waals surface area contributed by atoms with Crippen molar-refractivity contribution >= 4 is 28.4 Å². The Morgan fingerprint density at radius 3 is 2.74 bits per heavy atom. The molecular formula is C25H24ClN3O2. The number of carbonyl (C=O) groups excluding carboxylic acids is 1. The van der Waals surface area contributed by atoms with Crippen molar-refractivity contribution in [2.45, 2.75) is 31.6 Å². The summed E-state index contributed by atoms with van der Waals surface area (Å²) in [6.45, 7) is 1.58. The van der Waals surface area contributed by atoms with Crippen molar-refractivity contribution in [2.75, 3.05) is 13.1 Å². The van der Waals surface area contributed by atoms with Crippen LogP contribution in [0.3, 0.4) is 0 Å². The second kappa shape index (κ2) is 8.60. The van der Waals surface area contributed by atoms with Gasteiger partial charge in [-0.05, 0) is 42.5 Å². The Labute approximate surface area is 186 Å². The molecule has 0 spiro atoms. The van der Waals surface area contributed by atoms with Gasteiger partial charge in [0.25, 0.3) is 0 Å². The number of hydrogen-bond acceptors (Lipinski definition) is 3. The fourth-order valence-corrected chi connectivity index (χ4v) is 4.68. The summed E-state index contributed by atoms with van der Waals surface area (Å²) >= 11 is 6.23. The Hall–Kier alpha value is -3.05. The number of aryl methyl sites for hydroxylation is 1. The van der Waals surface area contributed by atoms with Gasteiger partial charge in [-0.15, -0.1) is 0 Å². The third-order valence-corrected chi connectivity index (χ3v) is 6.48. The molecule has 1 saturated heterocycles. The van der Waals surface area contributed by atoms with Crippen LogP contribution in [0.15, 0.2) is 65.3 Å². The molecule has 0 radical (unpaired) electrons. The molecule has 31 heavy (non-hydrogen) atoms. The zero-order valence-electron chi connectivity index (χ0n) is 17.2. The highest BCUT2D eigenvalue weighted by Crippen LogP contribution is 2.33. The van der Waals surface area contributed by atoms with Gasteiger partial charge in [0.15, 0.2) is 11.7 Å². The number of halogens is 1. The molecule has 0 unspecified atom stereocenters. The maximum absolute atomic E-state index is 12.7. The standard InChI is InChI=1S/C25H24ClN3O2/c26-21-7-3-1-6-19(21)23-16-28-24(31-23)9-10-25(30)29-13-11-17(12-14-29)20-15-27-22-8-4-2-5-18(20)22/h1-8,15-17,27H,9-14H2. The SMILES string of the molecule is O=C(CCc1ncc(-c2ccccc2Cl)o1)N1CCC(c2c[nH]c3ccccc23)CC1. The molecule has 0 saturated carbocycles. The van der Waals surface area contributed by atoms with E-state index in [4.69, 9.17) is 16.0 Å². The first-order valence-corrected chi connectivity index (χ1v) is 11.1. The predicted molar refractivity (Wildman–Crippen MR) is 122 cm³/mol. The van der Waals surface area contributed by atoms with E-state index < -0.39 is 0 Å². The van der Waals surface area contributed by atoms with Crippen LogP contribution in [-0.2, 0) is 11.2 Å². The van der Waals surface area contributed by atoms with Gasteiger partial charge in [-0.2, -0.15) is 0 Å². The van der Waals surface area contributed by atoms with Gasteiger partial charge in [0.05, 0.1) is 11.2 Å². The number of H-pyrrole nitrogens is 1. The van der Waals surface area contributed by atoms with Gasteiger partial charge >= 0.3 is 0 Å². The van der Waals surface area contributed by atoms with E-state index in [1.54, 1.807) is 6.20 Å². The third-order valence-electron chi connectivity index (χ3n) is 6.15. The van der Waals surface area contributed by atoms with Crippen LogP contribution in [0.1, 0.15) is 36.6 Å². The number of carbonyl (C=O) groups is 1. The zero-order valence-corrected chi connectivity index (χ0v) is 17.9. The van der Waals surface area contributed by atoms with E-state index in [-0.39, 0.29) is 5.91 Å². The fourth-order valence-electron chi connectivity index (χ4n) is 4.45. The van der Waals surface area contributed by atoms with Gasteiger partial charge in [0.2, 0.25) is 5.91 Å². The maximum atomic E-state index is 12.7. The molecule has 1 amide bonds. The predicted octanol–water partition coefficient (Wildman–Crippen LogP) is 5.82. The summed E-state index contributed by atoms with van der Waals surface area (Å²) in [5.41, 5.74) is 3.36. The van der Waals surface area contributed by atoms with Gasteiger partial charge in [-0.3, -0.25) is 4.79 Å². The number of hydrogen-bond donors (Lipinski definition) is 1. The summed E-state index contributed by atoms with van der Waals surface area (Å²) < 4.78 is 5.83. The molecule has 0 aliphatic carbocycles. The molecule has 0 bridgehead atoms. The first-order valence-electron chi connectivity index (χ1n) is 10.7. The number of nitrogens with zero attached hydrogens (tertiary/aromatic N) is 2.